The Kier molecular flexibility index (Phi) is 6.42. The molecule has 0 aromatic carbocycles. The summed E-state index contributed by atoms with van der Waals surface area (Å²) in [5.74, 6) is 0.950. The molecular weight excluding hydrogens is 274 g/mol. The fourth-order valence-electron chi connectivity index (χ4n) is 3.66. The number of rotatable bonds is 7. The van der Waals surface area contributed by atoms with Crippen LogP contribution in [0.25, 0.3) is 0 Å². The standard InChI is InChI=1S/C18H33N3O/c1-18(2,3)17(22)16(21-14-19-13-20-21)12-8-7-11-15-9-5-4-6-10-15/h13-17,22H,4-12H2,1-3H3. The van der Waals surface area contributed by atoms with Crippen molar-refractivity contribution in [2.24, 2.45) is 11.3 Å². The number of nitrogens with zero attached hydrogens (tertiary/aromatic N) is 3. The molecule has 2 unspecified atom stereocenters. The first-order valence-electron chi connectivity index (χ1n) is 9.00. The van der Waals surface area contributed by atoms with Gasteiger partial charge in [-0.3, -0.25) is 0 Å². The van der Waals surface area contributed by atoms with Crippen LogP contribution in [0.5, 0.6) is 0 Å². The Morgan fingerprint density at radius 2 is 1.91 bits per heavy atom. The molecule has 1 saturated carbocycles. The van der Waals surface area contributed by atoms with Crippen molar-refractivity contribution in [3.05, 3.63) is 12.7 Å². The van der Waals surface area contributed by atoms with E-state index in [1.165, 1.54) is 44.9 Å². The van der Waals surface area contributed by atoms with E-state index in [4.69, 9.17) is 0 Å². The predicted octanol–water partition coefficient (Wildman–Crippen LogP) is 4.37. The Labute approximate surface area is 135 Å². The quantitative estimate of drug-likeness (QED) is 0.761. The van der Waals surface area contributed by atoms with Crippen LogP contribution in [0.2, 0.25) is 0 Å². The van der Waals surface area contributed by atoms with Gasteiger partial charge in [-0.2, -0.15) is 5.10 Å². The number of aromatic nitrogens is 3. The van der Waals surface area contributed by atoms with E-state index in [-0.39, 0.29) is 11.5 Å². The molecule has 1 aliphatic carbocycles. The summed E-state index contributed by atoms with van der Waals surface area (Å²) in [6.07, 6.45) is 14.8. The fraction of sp³-hybridized carbons (Fsp3) is 0.889. The van der Waals surface area contributed by atoms with Gasteiger partial charge in [-0.15, -0.1) is 0 Å². The summed E-state index contributed by atoms with van der Waals surface area (Å²) in [7, 11) is 0. The summed E-state index contributed by atoms with van der Waals surface area (Å²) in [6.45, 7) is 6.26. The van der Waals surface area contributed by atoms with Crippen LogP contribution in [-0.2, 0) is 0 Å². The van der Waals surface area contributed by atoms with Gasteiger partial charge in [-0.05, 0) is 17.8 Å². The van der Waals surface area contributed by atoms with Crippen molar-refractivity contribution in [2.75, 3.05) is 0 Å². The lowest BCUT2D eigenvalue weighted by molar-refractivity contribution is 0.00834. The molecule has 4 nitrogen and oxygen atoms in total. The molecule has 1 fully saturated rings. The molecule has 1 N–H and O–H groups in total. The van der Waals surface area contributed by atoms with Crippen LogP contribution in [0.1, 0.15) is 84.6 Å². The Morgan fingerprint density at radius 1 is 1.18 bits per heavy atom. The first-order valence-corrected chi connectivity index (χ1v) is 9.00. The number of aliphatic hydroxyl groups excluding tert-OH is 1. The maximum Gasteiger partial charge on any atom is 0.137 e. The molecule has 2 rings (SSSR count). The van der Waals surface area contributed by atoms with Crippen molar-refractivity contribution < 1.29 is 5.11 Å². The van der Waals surface area contributed by atoms with Crippen LogP contribution >= 0.6 is 0 Å². The lowest BCUT2D eigenvalue weighted by atomic mass is 9.82. The Morgan fingerprint density at radius 3 is 2.50 bits per heavy atom. The third kappa shape index (κ3) is 5.08. The number of unbranched alkanes of at least 4 members (excludes halogenated alkanes) is 1. The van der Waals surface area contributed by atoms with Crippen molar-refractivity contribution in [1.29, 1.82) is 0 Å². The highest BCUT2D eigenvalue weighted by Crippen LogP contribution is 2.32. The number of hydrogen-bond acceptors (Lipinski definition) is 3. The maximum absolute atomic E-state index is 10.7. The van der Waals surface area contributed by atoms with Crippen molar-refractivity contribution in [3.8, 4) is 0 Å². The third-order valence-corrected chi connectivity index (χ3v) is 5.12. The molecular formula is C18H33N3O. The number of aliphatic hydroxyl groups is 1. The van der Waals surface area contributed by atoms with Gasteiger partial charge in [0.15, 0.2) is 0 Å². The summed E-state index contributed by atoms with van der Waals surface area (Å²) in [5, 5.41) is 14.9. The van der Waals surface area contributed by atoms with Gasteiger partial charge in [0, 0.05) is 0 Å². The first-order chi connectivity index (χ1) is 10.5. The highest BCUT2D eigenvalue weighted by Gasteiger charge is 2.31. The minimum absolute atomic E-state index is 0.0360. The lowest BCUT2D eigenvalue weighted by Crippen LogP contribution is -2.35. The second kappa shape index (κ2) is 8.09. The predicted molar refractivity (Wildman–Crippen MR) is 89.6 cm³/mol. The van der Waals surface area contributed by atoms with Gasteiger partial charge < -0.3 is 5.11 Å². The molecule has 0 radical (unpaired) electrons. The summed E-state index contributed by atoms with van der Waals surface area (Å²) in [6, 6.07) is 0.0360. The highest BCUT2D eigenvalue weighted by molar-refractivity contribution is 4.84. The first kappa shape index (κ1) is 17.5. The van der Waals surface area contributed by atoms with E-state index < -0.39 is 6.10 Å². The van der Waals surface area contributed by atoms with Crippen LogP contribution in [0, 0.1) is 11.3 Å². The molecule has 1 aromatic rings. The molecule has 0 saturated heterocycles. The smallest absolute Gasteiger partial charge is 0.137 e. The van der Waals surface area contributed by atoms with E-state index in [0.29, 0.717) is 0 Å². The molecule has 0 aliphatic heterocycles. The molecule has 0 spiro atoms. The van der Waals surface area contributed by atoms with Gasteiger partial charge in [0.1, 0.15) is 12.7 Å². The number of hydrogen-bond donors (Lipinski definition) is 1. The molecule has 126 valence electrons. The van der Waals surface area contributed by atoms with Gasteiger partial charge in [-0.1, -0.05) is 72.1 Å². The van der Waals surface area contributed by atoms with Gasteiger partial charge in [0.2, 0.25) is 0 Å². The average Bonchev–Trinajstić information content (AvgIpc) is 3.01. The Balaban J connectivity index is 1.82. The molecule has 0 bridgehead atoms. The normalized spacial score (nSPS) is 20.0. The van der Waals surface area contributed by atoms with Gasteiger partial charge in [0.25, 0.3) is 0 Å². The van der Waals surface area contributed by atoms with Gasteiger partial charge in [-0.25, -0.2) is 9.67 Å². The highest BCUT2D eigenvalue weighted by atomic mass is 16.3. The van der Waals surface area contributed by atoms with Crippen LogP contribution in [-0.4, -0.2) is 26.0 Å². The molecule has 1 aliphatic rings. The molecule has 2 atom stereocenters. The zero-order valence-corrected chi connectivity index (χ0v) is 14.5. The van der Waals surface area contributed by atoms with Crippen molar-refractivity contribution in [2.45, 2.75) is 90.7 Å². The summed E-state index contributed by atoms with van der Waals surface area (Å²) in [5.41, 5.74) is -0.139. The van der Waals surface area contributed by atoms with E-state index in [1.54, 1.807) is 12.7 Å². The van der Waals surface area contributed by atoms with Crippen LogP contribution in [0.15, 0.2) is 12.7 Å². The van der Waals surface area contributed by atoms with E-state index in [9.17, 15) is 5.11 Å². The van der Waals surface area contributed by atoms with Crippen LogP contribution < -0.4 is 0 Å². The van der Waals surface area contributed by atoms with Crippen LogP contribution in [0.3, 0.4) is 0 Å². The van der Waals surface area contributed by atoms with Gasteiger partial charge in [0.05, 0.1) is 12.1 Å². The SMILES string of the molecule is CC(C)(C)C(O)C(CCCCC1CCCCC1)n1cncn1. The third-order valence-electron chi connectivity index (χ3n) is 5.12. The molecule has 1 aromatic heterocycles. The van der Waals surface area contributed by atoms with Crippen molar-refractivity contribution >= 4 is 0 Å². The van der Waals surface area contributed by atoms with Crippen LogP contribution in [0.4, 0.5) is 0 Å². The Hall–Kier alpha value is -0.900. The van der Waals surface area contributed by atoms with E-state index in [1.807, 2.05) is 4.68 Å². The summed E-state index contributed by atoms with van der Waals surface area (Å²) < 4.78 is 1.84. The second-order valence-corrected chi connectivity index (χ2v) is 8.04. The minimum atomic E-state index is -0.399. The molecule has 22 heavy (non-hydrogen) atoms. The topological polar surface area (TPSA) is 50.9 Å². The van der Waals surface area contributed by atoms with Crippen molar-refractivity contribution in [3.63, 3.8) is 0 Å². The molecule has 1 heterocycles. The monoisotopic (exact) mass is 307 g/mol. The lowest BCUT2D eigenvalue weighted by Gasteiger charge is -2.33. The maximum atomic E-state index is 10.7. The second-order valence-electron chi connectivity index (χ2n) is 8.04. The van der Waals surface area contributed by atoms with Gasteiger partial charge >= 0.3 is 0 Å². The summed E-state index contributed by atoms with van der Waals surface area (Å²) in [4.78, 5) is 4.05. The fourth-order valence-corrected chi connectivity index (χ4v) is 3.66. The van der Waals surface area contributed by atoms with Crippen molar-refractivity contribution in [1.82, 2.24) is 14.8 Å². The zero-order valence-electron chi connectivity index (χ0n) is 14.5. The van der Waals surface area contributed by atoms with E-state index in [2.05, 4.69) is 30.9 Å². The molecule has 0 amide bonds. The largest absolute Gasteiger partial charge is 0.390 e. The molecule has 4 heteroatoms. The average molecular weight is 307 g/mol. The Bertz CT molecular complexity index is 404. The van der Waals surface area contributed by atoms with E-state index in [0.717, 1.165) is 18.8 Å². The minimum Gasteiger partial charge on any atom is -0.390 e. The zero-order chi connectivity index (χ0) is 16.0. The van der Waals surface area contributed by atoms with E-state index >= 15 is 0 Å². The summed E-state index contributed by atoms with van der Waals surface area (Å²) >= 11 is 0.